The molecule has 2 fully saturated rings. The number of aliphatic hydroxyl groups is 2. The van der Waals surface area contributed by atoms with E-state index in [2.05, 4.69) is 31.3 Å². The van der Waals surface area contributed by atoms with Crippen molar-refractivity contribution in [3.8, 4) is 11.1 Å². The molecule has 0 bridgehead atoms. The second-order valence-electron chi connectivity index (χ2n) is 11.7. The molecule has 9 heteroatoms. The van der Waals surface area contributed by atoms with Crippen LogP contribution in [0.1, 0.15) is 69.4 Å². The molecule has 1 saturated carbocycles. The summed E-state index contributed by atoms with van der Waals surface area (Å²) in [6.45, 7) is 5.41. The highest BCUT2D eigenvalue weighted by molar-refractivity contribution is 6.33. The van der Waals surface area contributed by atoms with Gasteiger partial charge in [-0.15, -0.1) is 0 Å². The summed E-state index contributed by atoms with van der Waals surface area (Å²) < 4.78 is 0. The molecule has 6 N–H and O–H groups in total. The van der Waals surface area contributed by atoms with Crippen LogP contribution >= 0.6 is 11.6 Å². The fraction of sp³-hybridized carbons (Fsp3) is 0.548. The monoisotopic (exact) mass is 571 g/mol. The van der Waals surface area contributed by atoms with Gasteiger partial charge in [-0.3, -0.25) is 4.79 Å². The zero-order chi connectivity index (χ0) is 29.0. The van der Waals surface area contributed by atoms with Gasteiger partial charge in [-0.25, -0.2) is 4.79 Å². The number of carboxylic acid groups (broad SMARTS) is 1. The van der Waals surface area contributed by atoms with Crippen molar-refractivity contribution in [2.75, 3.05) is 19.6 Å². The van der Waals surface area contributed by atoms with Crippen LogP contribution in [0.15, 0.2) is 42.5 Å². The largest absolute Gasteiger partial charge is 0.465 e. The summed E-state index contributed by atoms with van der Waals surface area (Å²) in [6.07, 6.45) is 1.17. The number of hydrogen-bond acceptors (Lipinski definition) is 5. The van der Waals surface area contributed by atoms with Gasteiger partial charge < -0.3 is 31.3 Å². The second-order valence-corrected chi connectivity index (χ2v) is 12.1. The second kappa shape index (κ2) is 12.9. The number of carbonyl (C=O) groups excluding carboxylic acids is 1. The van der Waals surface area contributed by atoms with Gasteiger partial charge in [0, 0.05) is 48.1 Å². The van der Waals surface area contributed by atoms with E-state index in [9.17, 15) is 19.8 Å². The molecular formula is C31H42ClN3O5. The molecule has 2 aromatic rings. The molecule has 4 rings (SSSR count). The maximum absolute atomic E-state index is 13.5. The Hall–Kier alpha value is -2.65. The Labute approximate surface area is 241 Å². The summed E-state index contributed by atoms with van der Waals surface area (Å²) in [6, 6.07) is 13.3. The summed E-state index contributed by atoms with van der Waals surface area (Å²) in [5, 5.41) is 34.8. The number of nitrogens with zero attached hydrogens (tertiary/aromatic N) is 1. The number of aliphatic hydroxyl groups excluding tert-OH is 1. The lowest BCUT2D eigenvalue weighted by Gasteiger charge is -2.44. The molecule has 1 saturated heterocycles. The van der Waals surface area contributed by atoms with E-state index >= 15 is 0 Å². The van der Waals surface area contributed by atoms with Gasteiger partial charge in [-0.2, -0.15) is 0 Å². The molecule has 2 amide bonds. The van der Waals surface area contributed by atoms with E-state index in [0.717, 1.165) is 23.1 Å². The molecule has 1 aliphatic heterocycles. The van der Waals surface area contributed by atoms with Crippen LogP contribution in [0, 0.1) is 11.8 Å². The maximum Gasteiger partial charge on any atom is 0.404 e. The number of piperidine rings is 1. The number of nitrogens with one attached hydrogen (secondary N) is 1. The Morgan fingerprint density at radius 1 is 1.20 bits per heavy atom. The van der Waals surface area contributed by atoms with Gasteiger partial charge in [0.1, 0.15) is 0 Å². The fourth-order valence-corrected chi connectivity index (χ4v) is 6.70. The Bertz CT molecular complexity index is 1200. The molecule has 0 aromatic heterocycles. The van der Waals surface area contributed by atoms with Crippen LogP contribution in [-0.4, -0.2) is 64.0 Å². The third kappa shape index (κ3) is 6.62. The molecule has 8 nitrogen and oxygen atoms in total. The Morgan fingerprint density at radius 2 is 1.95 bits per heavy atom. The minimum absolute atomic E-state index is 0.0254. The molecule has 1 heterocycles. The van der Waals surface area contributed by atoms with Gasteiger partial charge in [-0.1, -0.05) is 61.8 Å². The van der Waals surface area contributed by atoms with Crippen molar-refractivity contribution in [1.29, 1.82) is 0 Å². The number of carbonyl (C=O) groups is 2. The molecule has 2 aromatic carbocycles. The lowest BCUT2D eigenvalue weighted by atomic mass is 9.72. The van der Waals surface area contributed by atoms with Gasteiger partial charge in [-0.05, 0) is 67.2 Å². The van der Waals surface area contributed by atoms with Crippen LogP contribution < -0.4 is 11.1 Å². The lowest BCUT2D eigenvalue weighted by Crippen LogP contribution is -2.49. The normalized spacial score (nSPS) is 24.6. The number of likely N-dealkylation sites (tertiary alicyclic amines) is 1. The van der Waals surface area contributed by atoms with E-state index in [4.69, 9.17) is 22.4 Å². The summed E-state index contributed by atoms with van der Waals surface area (Å²) in [5.74, 6) is -0.327. The van der Waals surface area contributed by atoms with E-state index < -0.39 is 23.8 Å². The summed E-state index contributed by atoms with van der Waals surface area (Å²) >= 11 is 6.84. The smallest absolute Gasteiger partial charge is 0.404 e. The minimum atomic E-state index is -1.36. The first-order chi connectivity index (χ1) is 19.0. The summed E-state index contributed by atoms with van der Waals surface area (Å²) in [5.41, 5.74) is 8.14. The number of halogens is 1. The Kier molecular flexibility index (Phi) is 9.77. The Morgan fingerprint density at radius 3 is 2.62 bits per heavy atom. The molecule has 0 spiro atoms. The highest BCUT2D eigenvalue weighted by Gasteiger charge is 2.44. The molecule has 218 valence electrons. The van der Waals surface area contributed by atoms with E-state index in [1.165, 1.54) is 0 Å². The van der Waals surface area contributed by atoms with Crippen LogP contribution in [0.2, 0.25) is 5.02 Å². The van der Waals surface area contributed by atoms with E-state index in [1.54, 1.807) is 0 Å². The van der Waals surface area contributed by atoms with Crippen molar-refractivity contribution in [3.63, 3.8) is 0 Å². The van der Waals surface area contributed by atoms with Crippen molar-refractivity contribution < 1.29 is 24.9 Å². The average molecular weight is 572 g/mol. The molecule has 2 aliphatic rings. The molecule has 5 atom stereocenters. The number of hydrogen-bond donors (Lipinski definition) is 5. The van der Waals surface area contributed by atoms with E-state index in [0.29, 0.717) is 61.7 Å². The summed E-state index contributed by atoms with van der Waals surface area (Å²) in [4.78, 5) is 26.4. The maximum atomic E-state index is 13.5. The molecule has 40 heavy (non-hydrogen) atoms. The average Bonchev–Trinajstić information content (AvgIpc) is 3.28. The van der Waals surface area contributed by atoms with Crippen molar-refractivity contribution in [2.45, 2.75) is 76.0 Å². The molecule has 0 radical (unpaired) electrons. The molecular weight excluding hydrogens is 530 g/mol. The van der Waals surface area contributed by atoms with Gasteiger partial charge in [0.2, 0.25) is 5.91 Å². The first-order valence-corrected chi connectivity index (χ1v) is 14.7. The third-order valence-corrected chi connectivity index (χ3v) is 8.98. The quantitative estimate of drug-likeness (QED) is 0.277. The topological polar surface area (TPSA) is 136 Å². The standard InChI is InChI=1S/C31H42ClN3O5/c1-19(2)20-7-3-8-21(15-20)28-24(10-4-11-25(28)32)31(40,12-6-13-34-30(38)39)23-9-5-14-35(18-23)29(37)22-16-26(33)27(36)17-22/h3-4,7-8,10-11,15,19,22-23,26-27,34,36,40H,5-6,9,12-14,16-18,33H2,1-2H3,(H,38,39)/t22-,23?,26+,27-,31?/m0/s1. The van der Waals surface area contributed by atoms with Crippen LogP contribution in [0.3, 0.4) is 0 Å². The molecule has 2 unspecified atom stereocenters. The number of benzene rings is 2. The van der Waals surface area contributed by atoms with Crippen molar-refractivity contribution in [2.24, 2.45) is 17.6 Å². The van der Waals surface area contributed by atoms with Crippen molar-refractivity contribution in [3.05, 3.63) is 58.6 Å². The van der Waals surface area contributed by atoms with Crippen molar-refractivity contribution >= 4 is 23.6 Å². The number of amides is 2. The highest BCUT2D eigenvalue weighted by atomic mass is 35.5. The fourth-order valence-electron chi connectivity index (χ4n) is 6.42. The third-order valence-electron chi connectivity index (χ3n) is 8.67. The van der Waals surface area contributed by atoms with Crippen LogP contribution in [-0.2, 0) is 10.4 Å². The van der Waals surface area contributed by atoms with Crippen molar-refractivity contribution in [1.82, 2.24) is 10.2 Å². The number of rotatable bonds is 9. The first kappa shape index (κ1) is 30.3. The van der Waals surface area contributed by atoms with Gasteiger partial charge >= 0.3 is 6.09 Å². The van der Waals surface area contributed by atoms with Crippen LogP contribution in [0.5, 0.6) is 0 Å². The summed E-state index contributed by atoms with van der Waals surface area (Å²) in [7, 11) is 0. The number of nitrogens with two attached hydrogens (primary N) is 1. The Balaban J connectivity index is 1.70. The lowest BCUT2D eigenvalue weighted by molar-refractivity contribution is -0.141. The van der Waals surface area contributed by atoms with E-state index in [-0.39, 0.29) is 24.3 Å². The van der Waals surface area contributed by atoms with Crippen LogP contribution in [0.25, 0.3) is 11.1 Å². The predicted octanol–water partition coefficient (Wildman–Crippen LogP) is 4.70. The van der Waals surface area contributed by atoms with Gasteiger partial charge in [0.25, 0.3) is 0 Å². The minimum Gasteiger partial charge on any atom is -0.465 e. The first-order valence-electron chi connectivity index (χ1n) is 14.3. The van der Waals surface area contributed by atoms with Crippen LogP contribution in [0.4, 0.5) is 4.79 Å². The highest BCUT2D eigenvalue weighted by Crippen LogP contribution is 2.46. The zero-order valence-electron chi connectivity index (χ0n) is 23.4. The SMILES string of the molecule is CC(C)c1cccc(-c2c(Cl)cccc2C(O)(CCCNC(=O)O)C2CCCN(C(=O)[C@H]3C[C@@H](N)[C@@H](O)C3)C2)c1. The van der Waals surface area contributed by atoms with E-state index in [1.807, 2.05) is 35.2 Å². The molecule has 1 aliphatic carbocycles. The van der Waals surface area contributed by atoms with Gasteiger partial charge in [0.05, 0.1) is 11.7 Å². The van der Waals surface area contributed by atoms with Gasteiger partial charge in [0.15, 0.2) is 0 Å². The zero-order valence-corrected chi connectivity index (χ0v) is 24.1. The predicted molar refractivity (Wildman–Crippen MR) is 156 cm³/mol.